The molecular weight excluding hydrogens is 200 g/mol. The Kier molecular flexibility index (Phi) is 4.90. The van der Waals surface area contributed by atoms with Crippen molar-refractivity contribution in [1.29, 1.82) is 0 Å². The average molecular weight is 218 g/mol. The van der Waals surface area contributed by atoms with Crippen LogP contribution in [0.1, 0.15) is 39.5 Å². The van der Waals surface area contributed by atoms with Crippen molar-refractivity contribution in [3.8, 4) is 0 Å². The van der Waals surface area contributed by atoms with Crippen LogP contribution >= 0.6 is 0 Å². The van der Waals surface area contributed by atoms with Crippen molar-refractivity contribution in [3.05, 3.63) is 35.5 Å². The summed E-state index contributed by atoms with van der Waals surface area (Å²) in [7, 11) is 0. The highest BCUT2D eigenvalue weighted by Crippen LogP contribution is 2.10. The molecule has 86 valence electrons. The Balaban J connectivity index is 2.80. The van der Waals surface area contributed by atoms with E-state index in [9.17, 15) is 9.59 Å². The van der Waals surface area contributed by atoms with E-state index in [1.54, 1.807) is 18.2 Å². The summed E-state index contributed by atoms with van der Waals surface area (Å²) >= 11 is 0. The zero-order valence-corrected chi connectivity index (χ0v) is 9.95. The van der Waals surface area contributed by atoms with Crippen LogP contribution in [0.15, 0.2) is 35.5 Å². The Labute approximate surface area is 96.7 Å². The van der Waals surface area contributed by atoms with Crippen molar-refractivity contribution in [2.75, 3.05) is 0 Å². The van der Waals surface area contributed by atoms with Gasteiger partial charge in [-0.1, -0.05) is 23.8 Å². The second-order valence-electron chi connectivity index (χ2n) is 4.19. The van der Waals surface area contributed by atoms with Gasteiger partial charge in [0.1, 0.15) is 0 Å². The van der Waals surface area contributed by atoms with Gasteiger partial charge in [0.15, 0.2) is 11.6 Å². The molecule has 16 heavy (non-hydrogen) atoms. The minimum Gasteiger partial charge on any atom is -0.295 e. The van der Waals surface area contributed by atoms with Gasteiger partial charge in [-0.15, -0.1) is 0 Å². The van der Waals surface area contributed by atoms with Gasteiger partial charge < -0.3 is 0 Å². The first-order valence-electron chi connectivity index (χ1n) is 5.64. The number of rotatable bonds is 0. The van der Waals surface area contributed by atoms with Crippen LogP contribution in [0.5, 0.6) is 0 Å². The fraction of sp³-hybridized carbons (Fsp3) is 0.429. The van der Waals surface area contributed by atoms with E-state index >= 15 is 0 Å². The SMILES string of the molecule is C/C1=C\C(=O)C/C=C/CC(=O)/C(C)=C/CC1. The number of carbonyl (C=O) groups is 2. The highest BCUT2D eigenvalue weighted by atomic mass is 16.1. The summed E-state index contributed by atoms with van der Waals surface area (Å²) in [6, 6.07) is 0. The van der Waals surface area contributed by atoms with Gasteiger partial charge in [-0.05, 0) is 38.3 Å². The van der Waals surface area contributed by atoms with E-state index < -0.39 is 0 Å². The highest BCUT2D eigenvalue weighted by molar-refractivity contribution is 5.96. The molecule has 0 aromatic carbocycles. The minimum absolute atomic E-state index is 0.113. The maximum Gasteiger partial charge on any atom is 0.162 e. The number of Topliss-reactive ketones (excluding diaryl/α,β-unsaturated/α-hetero) is 1. The van der Waals surface area contributed by atoms with Gasteiger partial charge in [0, 0.05) is 12.8 Å². The monoisotopic (exact) mass is 218 g/mol. The minimum atomic E-state index is 0.113. The zero-order valence-electron chi connectivity index (χ0n) is 9.95. The summed E-state index contributed by atoms with van der Waals surface area (Å²) < 4.78 is 0. The molecule has 0 aromatic heterocycles. The van der Waals surface area contributed by atoms with Crippen molar-refractivity contribution in [1.82, 2.24) is 0 Å². The number of allylic oxidation sites excluding steroid dienone is 6. The normalized spacial score (nSPS) is 28.1. The number of ketones is 2. The summed E-state index contributed by atoms with van der Waals surface area (Å²) in [4.78, 5) is 23.0. The van der Waals surface area contributed by atoms with Crippen molar-refractivity contribution < 1.29 is 9.59 Å². The lowest BCUT2D eigenvalue weighted by Crippen LogP contribution is -1.99. The third kappa shape index (κ3) is 4.39. The van der Waals surface area contributed by atoms with Crippen molar-refractivity contribution >= 4 is 11.6 Å². The Bertz CT molecular complexity index is 370. The van der Waals surface area contributed by atoms with Gasteiger partial charge >= 0.3 is 0 Å². The zero-order chi connectivity index (χ0) is 12.0. The van der Waals surface area contributed by atoms with E-state index in [0.29, 0.717) is 12.8 Å². The standard InChI is InChI=1S/C14H18O2/c1-11-6-5-7-12(2)14(16)9-4-3-8-13(15)10-11/h3-4,7,10H,5-6,8-9H2,1-2H3/b4-3+,11-10+,12-7+. The van der Waals surface area contributed by atoms with Crippen molar-refractivity contribution in [2.24, 2.45) is 0 Å². The number of hydrogen-bond donors (Lipinski definition) is 0. The Morgan fingerprint density at radius 2 is 1.75 bits per heavy atom. The lowest BCUT2D eigenvalue weighted by Gasteiger charge is -2.01. The summed E-state index contributed by atoms with van der Waals surface area (Å²) in [6.07, 6.45) is 9.69. The van der Waals surface area contributed by atoms with Crippen LogP contribution in [-0.2, 0) is 9.59 Å². The summed E-state index contributed by atoms with van der Waals surface area (Å²) in [5, 5.41) is 0. The van der Waals surface area contributed by atoms with E-state index in [2.05, 4.69) is 0 Å². The number of carbonyl (C=O) groups excluding carboxylic acids is 2. The molecule has 0 aromatic rings. The predicted molar refractivity (Wildman–Crippen MR) is 65.1 cm³/mol. The third-order valence-corrected chi connectivity index (χ3v) is 2.63. The Morgan fingerprint density at radius 1 is 1.06 bits per heavy atom. The molecule has 2 nitrogen and oxygen atoms in total. The molecule has 0 heterocycles. The van der Waals surface area contributed by atoms with Gasteiger partial charge in [-0.3, -0.25) is 9.59 Å². The molecule has 0 N–H and O–H groups in total. The lowest BCUT2D eigenvalue weighted by molar-refractivity contribution is -0.115. The van der Waals surface area contributed by atoms with Gasteiger partial charge in [0.25, 0.3) is 0 Å². The Morgan fingerprint density at radius 3 is 2.50 bits per heavy atom. The van der Waals surface area contributed by atoms with E-state index in [0.717, 1.165) is 24.0 Å². The molecule has 1 aliphatic rings. The van der Waals surface area contributed by atoms with E-state index in [1.165, 1.54) is 0 Å². The van der Waals surface area contributed by atoms with E-state index in [4.69, 9.17) is 0 Å². The summed E-state index contributed by atoms with van der Waals surface area (Å²) in [5.41, 5.74) is 1.90. The summed E-state index contributed by atoms with van der Waals surface area (Å²) in [5.74, 6) is 0.258. The summed E-state index contributed by atoms with van der Waals surface area (Å²) in [6.45, 7) is 3.81. The topological polar surface area (TPSA) is 34.1 Å². The van der Waals surface area contributed by atoms with Crippen LogP contribution in [0.2, 0.25) is 0 Å². The highest BCUT2D eigenvalue weighted by Gasteiger charge is 2.03. The molecule has 0 fully saturated rings. The third-order valence-electron chi connectivity index (χ3n) is 2.63. The maximum atomic E-state index is 11.6. The molecule has 0 amide bonds. The van der Waals surface area contributed by atoms with Crippen LogP contribution in [0.25, 0.3) is 0 Å². The smallest absolute Gasteiger partial charge is 0.162 e. The molecule has 0 atom stereocenters. The molecule has 1 rings (SSSR count). The molecule has 0 unspecified atom stereocenters. The molecule has 0 spiro atoms. The molecular formula is C14H18O2. The van der Waals surface area contributed by atoms with Crippen LogP contribution in [0.4, 0.5) is 0 Å². The average Bonchev–Trinajstić information content (AvgIpc) is 2.22. The fourth-order valence-electron chi connectivity index (χ4n) is 1.59. The molecule has 0 bridgehead atoms. The largest absolute Gasteiger partial charge is 0.295 e. The van der Waals surface area contributed by atoms with Gasteiger partial charge in [-0.2, -0.15) is 0 Å². The maximum absolute atomic E-state index is 11.6. The van der Waals surface area contributed by atoms with Crippen LogP contribution in [0, 0.1) is 0 Å². The van der Waals surface area contributed by atoms with Crippen LogP contribution < -0.4 is 0 Å². The fourth-order valence-corrected chi connectivity index (χ4v) is 1.59. The lowest BCUT2D eigenvalue weighted by atomic mass is 10.0. The quantitative estimate of drug-likeness (QED) is 0.585. The van der Waals surface area contributed by atoms with Gasteiger partial charge in [0.05, 0.1) is 0 Å². The van der Waals surface area contributed by atoms with Crippen LogP contribution in [0.3, 0.4) is 0 Å². The molecule has 0 saturated carbocycles. The van der Waals surface area contributed by atoms with Crippen molar-refractivity contribution in [2.45, 2.75) is 39.5 Å². The Hall–Kier alpha value is -1.44. The van der Waals surface area contributed by atoms with E-state index in [1.807, 2.05) is 19.9 Å². The second kappa shape index (κ2) is 6.21. The van der Waals surface area contributed by atoms with Crippen molar-refractivity contribution in [3.63, 3.8) is 0 Å². The van der Waals surface area contributed by atoms with Gasteiger partial charge in [-0.25, -0.2) is 0 Å². The first-order chi connectivity index (χ1) is 7.59. The van der Waals surface area contributed by atoms with Crippen LogP contribution in [-0.4, -0.2) is 11.6 Å². The molecule has 0 radical (unpaired) electrons. The van der Waals surface area contributed by atoms with E-state index in [-0.39, 0.29) is 11.6 Å². The molecule has 0 saturated heterocycles. The van der Waals surface area contributed by atoms with Gasteiger partial charge in [0.2, 0.25) is 0 Å². The molecule has 1 aliphatic carbocycles. The first kappa shape index (κ1) is 12.6. The first-order valence-corrected chi connectivity index (χ1v) is 5.64. The predicted octanol–water partition coefficient (Wildman–Crippen LogP) is 3.15. The second-order valence-corrected chi connectivity index (χ2v) is 4.19. The molecule has 0 aliphatic heterocycles. The number of hydrogen-bond acceptors (Lipinski definition) is 2. The molecule has 2 heteroatoms.